The number of halogens is 1. The molecule has 10 amide bonds. The van der Waals surface area contributed by atoms with Gasteiger partial charge in [-0.2, -0.15) is 0 Å². The molecule has 0 saturated carbocycles. The minimum absolute atomic E-state index is 0.0168. The molecular weight excluding hydrogens is 980 g/mol. The first-order valence-corrected chi connectivity index (χ1v) is 24.4. The summed E-state index contributed by atoms with van der Waals surface area (Å²) in [6, 6.07) is -6.02. The van der Waals surface area contributed by atoms with E-state index >= 15 is 0 Å². The molecule has 3 rings (SSSR count). The lowest BCUT2D eigenvalue weighted by Crippen LogP contribution is -2.66. The molecule has 2 bridgehead atoms. The van der Waals surface area contributed by atoms with Gasteiger partial charge in [0.1, 0.15) is 60.4 Å². The third-order valence-corrected chi connectivity index (χ3v) is 13.0. The minimum atomic E-state index is -1.82. The standard InChI is InChI=1S/C46H71BrN10O13/c1-9-12-34(59)51-29(15-18-33(48)58)40(62)55-37-25(6)70-45(67)36(23(3)4)54-41(63)31(22-26-14-17-32(69-8)27(47)21-26)56(7)44(66)38(24(5)10-2)57-35(60)19-16-30(43(57)65)53-39(61)28(52-42(37)64)13-11-20-50-46(49)68/h14,17,21,23-25,28-31,35-38,60H,9-13,15-16,18-20,22H2,1-8H3,(H2,48,58)(H,51,59)(H,52,64)(H,53,61)(H,54,63)(H,55,62)(H3,49,50,68)/t24-,25-,28+,29+,30+,31+,35-,36+,37+,38+/m1/s1. The van der Waals surface area contributed by atoms with Gasteiger partial charge in [0.05, 0.1) is 11.6 Å². The van der Waals surface area contributed by atoms with E-state index < -0.39 is 126 Å². The number of fused-ring (bicyclic) bond motifs is 2. The molecule has 0 spiro atoms. The third kappa shape index (κ3) is 16.3. The van der Waals surface area contributed by atoms with E-state index in [0.29, 0.717) is 28.6 Å². The van der Waals surface area contributed by atoms with Crippen molar-refractivity contribution >= 4 is 75.2 Å². The highest BCUT2D eigenvalue weighted by Gasteiger charge is 2.47. The number of aliphatic hydroxyl groups is 1. The van der Waals surface area contributed by atoms with Crippen LogP contribution in [0.4, 0.5) is 4.79 Å². The fourth-order valence-electron chi connectivity index (χ4n) is 8.14. The predicted octanol–water partition coefficient (Wildman–Crippen LogP) is -0.278. The number of cyclic esters (lactones) is 1. The highest BCUT2D eigenvalue weighted by molar-refractivity contribution is 9.10. The second kappa shape index (κ2) is 27.4. The molecule has 0 radical (unpaired) electrons. The topological polar surface area (TPSA) is 340 Å². The van der Waals surface area contributed by atoms with Crippen LogP contribution in [0, 0.1) is 11.8 Å². The second-order valence-electron chi connectivity index (χ2n) is 18.1. The number of methoxy groups -OCH3 is 1. The normalized spacial score (nSPS) is 24.9. The Hall–Kier alpha value is -6.04. The van der Waals surface area contributed by atoms with E-state index in [1.165, 1.54) is 21.1 Å². The molecule has 70 heavy (non-hydrogen) atoms. The number of hydrogen-bond acceptors (Lipinski definition) is 13. The van der Waals surface area contributed by atoms with Crippen molar-refractivity contribution in [3.05, 3.63) is 28.2 Å². The minimum Gasteiger partial charge on any atom is -0.496 e. The summed E-state index contributed by atoms with van der Waals surface area (Å²) in [5, 5.41) is 26.9. The highest BCUT2D eigenvalue weighted by atomic mass is 79.9. The van der Waals surface area contributed by atoms with Crippen molar-refractivity contribution in [2.45, 2.75) is 160 Å². The Balaban J connectivity index is 2.27. The monoisotopic (exact) mass is 1050 g/mol. The molecule has 10 atom stereocenters. The predicted molar refractivity (Wildman–Crippen MR) is 256 cm³/mol. The molecule has 1 aromatic carbocycles. The summed E-state index contributed by atoms with van der Waals surface area (Å²) in [5.74, 6) is -8.48. The molecule has 0 unspecified atom stereocenters. The van der Waals surface area contributed by atoms with Crippen LogP contribution in [0.5, 0.6) is 5.75 Å². The van der Waals surface area contributed by atoms with Crippen molar-refractivity contribution in [1.29, 1.82) is 0 Å². The van der Waals surface area contributed by atoms with Crippen LogP contribution in [-0.2, 0) is 54.3 Å². The second-order valence-corrected chi connectivity index (χ2v) is 18.9. The van der Waals surface area contributed by atoms with Crippen LogP contribution >= 0.6 is 15.9 Å². The maximum Gasteiger partial charge on any atom is 0.329 e. The fourth-order valence-corrected chi connectivity index (χ4v) is 8.73. The number of hydrogen-bond donors (Lipinski definition) is 9. The number of ether oxygens (including phenoxy) is 2. The van der Waals surface area contributed by atoms with Gasteiger partial charge in [0, 0.05) is 32.9 Å². The number of piperidine rings is 1. The van der Waals surface area contributed by atoms with Gasteiger partial charge in [0.2, 0.25) is 47.3 Å². The summed E-state index contributed by atoms with van der Waals surface area (Å²) < 4.78 is 11.8. The Morgan fingerprint density at radius 1 is 0.957 bits per heavy atom. The Morgan fingerprint density at radius 2 is 1.64 bits per heavy atom. The molecule has 1 aromatic rings. The Morgan fingerprint density at radius 3 is 2.23 bits per heavy atom. The van der Waals surface area contributed by atoms with Gasteiger partial charge in [-0.05, 0) is 90.9 Å². The molecular formula is C46H71BrN10O13. The number of esters is 1. The van der Waals surface area contributed by atoms with Crippen molar-refractivity contribution < 1.29 is 62.5 Å². The van der Waals surface area contributed by atoms with Gasteiger partial charge in [-0.25, -0.2) is 9.59 Å². The lowest BCUT2D eigenvalue weighted by Gasteiger charge is -2.44. The highest BCUT2D eigenvalue weighted by Crippen LogP contribution is 2.29. The zero-order chi connectivity index (χ0) is 52.6. The van der Waals surface area contributed by atoms with E-state index in [1.54, 1.807) is 52.8 Å². The average molecular weight is 1050 g/mol. The van der Waals surface area contributed by atoms with E-state index in [1.807, 2.05) is 0 Å². The first-order valence-electron chi connectivity index (χ1n) is 23.6. The van der Waals surface area contributed by atoms with Gasteiger partial charge in [-0.3, -0.25) is 38.4 Å². The summed E-state index contributed by atoms with van der Waals surface area (Å²) in [7, 11) is 2.85. The summed E-state index contributed by atoms with van der Waals surface area (Å²) >= 11 is 3.46. The number of aliphatic hydroxyl groups excluding tert-OH is 1. The summed E-state index contributed by atoms with van der Waals surface area (Å²) in [6.45, 7) is 9.67. The molecule has 0 aliphatic carbocycles. The van der Waals surface area contributed by atoms with Crippen LogP contribution in [-0.4, -0.2) is 149 Å². The van der Waals surface area contributed by atoms with Gasteiger partial charge in [-0.15, -0.1) is 0 Å². The lowest BCUT2D eigenvalue weighted by molar-refractivity contribution is -0.168. The number of carbonyl (C=O) groups is 10. The van der Waals surface area contributed by atoms with E-state index in [4.69, 9.17) is 20.9 Å². The Kier molecular flexibility index (Phi) is 22.8. The Bertz CT molecular complexity index is 2080. The first kappa shape index (κ1) is 58.3. The third-order valence-electron chi connectivity index (χ3n) is 12.4. The van der Waals surface area contributed by atoms with E-state index in [0.717, 1.165) is 9.80 Å². The molecule has 2 fully saturated rings. The molecule has 390 valence electrons. The van der Waals surface area contributed by atoms with Crippen LogP contribution in [0.15, 0.2) is 22.7 Å². The molecule has 2 saturated heterocycles. The number of primary amides is 2. The van der Waals surface area contributed by atoms with Crippen LogP contribution < -0.4 is 48.1 Å². The Labute approximate surface area is 416 Å². The summed E-state index contributed by atoms with van der Waals surface area (Å²) in [5.41, 5.74) is 11.2. The van der Waals surface area contributed by atoms with Gasteiger partial charge in [-0.1, -0.05) is 47.1 Å². The molecule has 2 heterocycles. The van der Waals surface area contributed by atoms with Crippen molar-refractivity contribution in [2.24, 2.45) is 23.3 Å². The molecule has 24 heteroatoms. The van der Waals surface area contributed by atoms with Crippen LogP contribution in [0.1, 0.15) is 105 Å². The van der Waals surface area contributed by atoms with Gasteiger partial charge < -0.3 is 67.7 Å². The van der Waals surface area contributed by atoms with Crippen LogP contribution in [0.3, 0.4) is 0 Å². The number of likely N-dealkylation sites (N-methyl/N-ethyl adjacent to an activating group) is 1. The van der Waals surface area contributed by atoms with Crippen LogP contribution in [0.25, 0.3) is 0 Å². The van der Waals surface area contributed by atoms with Gasteiger partial charge in [0.15, 0.2) is 0 Å². The zero-order valence-electron chi connectivity index (χ0n) is 41.1. The molecule has 23 nitrogen and oxygen atoms in total. The van der Waals surface area contributed by atoms with Crippen molar-refractivity contribution in [3.63, 3.8) is 0 Å². The molecule has 2 aliphatic rings. The number of rotatable bonds is 18. The summed E-state index contributed by atoms with van der Waals surface area (Å²) in [4.78, 5) is 140. The van der Waals surface area contributed by atoms with Crippen molar-refractivity contribution in [3.8, 4) is 5.75 Å². The SMILES string of the molecule is CCCC(=O)N[C@@H](CCC(N)=O)C(=O)N[C@@H]1C(=O)N[C@@H](CCCNC(N)=O)C(=O)N[C@H]2CC[C@@H](O)N(C2=O)[C@@H]([C@H](C)CC)C(=O)N(C)[C@@H](Cc2ccc(OC)c(Br)c2)C(=O)N[C@@H](C(C)C)C(=O)O[C@@H]1C. The van der Waals surface area contributed by atoms with Gasteiger partial charge >= 0.3 is 12.0 Å². The number of nitrogens with two attached hydrogens (primary N) is 2. The molecule has 11 N–H and O–H groups in total. The lowest BCUT2D eigenvalue weighted by atomic mass is 9.91. The number of benzene rings is 1. The largest absolute Gasteiger partial charge is 0.496 e. The average Bonchev–Trinajstić information content (AvgIpc) is 3.29. The van der Waals surface area contributed by atoms with Crippen molar-refractivity contribution in [2.75, 3.05) is 20.7 Å². The van der Waals surface area contributed by atoms with Crippen molar-refractivity contribution in [1.82, 2.24) is 41.7 Å². The quantitative estimate of drug-likeness (QED) is 0.0676. The van der Waals surface area contributed by atoms with Crippen LogP contribution in [0.2, 0.25) is 0 Å². The number of carbonyl (C=O) groups excluding carboxylic acids is 10. The zero-order valence-corrected chi connectivity index (χ0v) is 42.7. The number of urea groups is 1. The van der Waals surface area contributed by atoms with Gasteiger partial charge in [0.25, 0.3) is 0 Å². The summed E-state index contributed by atoms with van der Waals surface area (Å²) in [6.07, 6.45) is -3.33. The smallest absolute Gasteiger partial charge is 0.329 e. The van der Waals surface area contributed by atoms with E-state index in [-0.39, 0.29) is 57.9 Å². The number of amides is 10. The maximum atomic E-state index is 15.0. The fraction of sp³-hybridized carbons (Fsp3) is 0.652. The number of nitrogens with zero attached hydrogens (tertiary/aromatic N) is 2. The van der Waals surface area contributed by atoms with E-state index in [9.17, 15) is 53.1 Å². The number of nitrogens with one attached hydrogen (secondary N) is 6. The maximum absolute atomic E-state index is 15.0. The van der Waals surface area contributed by atoms with E-state index in [2.05, 4.69) is 47.8 Å². The first-order chi connectivity index (χ1) is 32.9. The molecule has 2 aliphatic heterocycles. The molecule has 0 aromatic heterocycles.